The van der Waals surface area contributed by atoms with Gasteiger partial charge in [0.25, 0.3) is 11.5 Å². The molecule has 7 heteroatoms. The van der Waals surface area contributed by atoms with Crippen LogP contribution in [0.4, 0.5) is 0 Å². The average Bonchev–Trinajstić information content (AvgIpc) is 2.79. The van der Waals surface area contributed by atoms with Gasteiger partial charge in [-0.2, -0.15) is 0 Å². The molecule has 3 aromatic rings. The van der Waals surface area contributed by atoms with Crippen molar-refractivity contribution in [3.63, 3.8) is 0 Å². The number of hydrogen-bond acceptors (Lipinski definition) is 5. The van der Waals surface area contributed by atoms with Crippen molar-refractivity contribution in [2.24, 2.45) is 0 Å². The number of rotatable bonds is 5. The van der Waals surface area contributed by atoms with E-state index in [1.807, 2.05) is 51.1 Å². The number of nitrogens with zero attached hydrogens (tertiary/aromatic N) is 2. The summed E-state index contributed by atoms with van der Waals surface area (Å²) in [6.45, 7) is 7.24. The van der Waals surface area contributed by atoms with E-state index in [1.54, 1.807) is 10.9 Å². The molecule has 0 unspecified atom stereocenters. The number of fused-ring (bicyclic) bond motifs is 1. The quantitative estimate of drug-likeness (QED) is 0.643. The lowest BCUT2D eigenvalue weighted by Crippen LogP contribution is -2.39. The molecule has 0 bridgehead atoms. The summed E-state index contributed by atoms with van der Waals surface area (Å²) in [7, 11) is 0. The Bertz CT molecular complexity index is 1200. The van der Waals surface area contributed by atoms with Gasteiger partial charge in [0.15, 0.2) is 0 Å². The van der Waals surface area contributed by atoms with E-state index in [0.29, 0.717) is 42.5 Å². The molecule has 1 aliphatic rings. The van der Waals surface area contributed by atoms with Crippen molar-refractivity contribution < 1.29 is 14.6 Å². The Morgan fingerprint density at radius 3 is 2.69 bits per heavy atom. The van der Waals surface area contributed by atoms with Gasteiger partial charge in [0.2, 0.25) is 0 Å². The van der Waals surface area contributed by atoms with Crippen LogP contribution in [-0.4, -0.2) is 46.4 Å². The second kappa shape index (κ2) is 9.22. The Kier molecular flexibility index (Phi) is 6.39. The second-order valence-corrected chi connectivity index (χ2v) is 8.37. The molecule has 1 amide bonds. The largest absolute Gasteiger partial charge is 0.389 e. The fraction of sp³-hybridized carbons (Fsp3) is 0.400. The smallest absolute Gasteiger partial charge is 0.261 e. The minimum atomic E-state index is -0.727. The first kappa shape index (κ1) is 22.2. The van der Waals surface area contributed by atoms with E-state index >= 15 is 0 Å². The zero-order chi connectivity index (χ0) is 22.8. The maximum Gasteiger partial charge on any atom is 0.261 e. The molecule has 0 spiro atoms. The van der Waals surface area contributed by atoms with E-state index < -0.39 is 6.10 Å². The lowest BCUT2D eigenvalue weighted by Gasteiger charge is -2.29. The molecule has 4 rings (SSSR count). The summed E-state index contributed by atoms with van der Waals surface area (Å²) in [4.78, 5) is 29.9. The highest BCUT2D eigenvalue weighted by atomic mass is 16.5. The summed E-state index contributed by atoms with van der Waals surface area (Å²) >= 11 is 0. The Hall–Kier alpha value is -3.03. The molecular weight excluding hydrogens is 406 g/mol. The number of aliphatic hydroxyl groups excluding tert-OH is 1. The van der Waals surface area contributed by atoms with E-state index in [4.69, 9.17) is 4.74 Å². The van der Waals surface area contributed by atoms with Crippen molar-refractivity contribution in [3.05, 3.63) is 74.8 Å². The fourth-order valence-electron chi connectivity index (χ4n) is 4.32. The molecule has 0 aliphatic carbocycles. The summed E-state index contributed by atoms with van der Waals surface area (Å²) in [5.74, 6) is -0.0845. The van der Waals surface area contributed by atoms with Crippen LogP contribution in [0.15, 0.2) is 41.5 Å². The Morgan fingerprint density at radius 1 is 1.25 bits per heavy atom. The van der Waals surface area contributed by atoms with Gasteiger partial charge in [0.05, 0.1) is 36.0 Å². The molecule has 0 saturated carbocycles. The highest BCUT2D eigenvalue weighted by Gasteiger charge is 2.27. The van der Waals surface area contributed by atoms with Gasteiger partial charge in [0.1, 0.15) is 0 Å². The first-order chi connectivity index (χ1) is 15.4. The molecule has 2 heterocycles. The zero-order valence-electron chi connectivity index (χ0n) is 18.7. The monoisotopic (exact) mass is 435 g/mol. The van der Waals surface area contributed by atoms with Crippen LogP contribution in [0.2, 0.25) is 0 Å². The molecule has 0 radical (unpaired) electrons. The van der Waals surface area contributed by atoms with Crippen molar-refractivity contribution in [1.82, 2.24) is 14.9 Å². The molecule has 7 nitrogen and oxygen atoms in total. The van der Waals surface area contributed by atoms with E-state index in [-0.39, 0.29) is 24.1 Å². The lowest BCUT2D eigenvalue weighted by molar-refractivity contribution is -0.0395. The van der Waals surface area contributed by atoms with Gasteiger partial charge in [-0.1, -0.05) is 12.1 Å². The van der Waals surface area contributed by atoms with Gasteiger partial charge in [-0.05, 0) is 74.1 Å². The Balaban J connectivity index is 1.70. The SMILES string of the molecule is CCNC(=O)c1ccc(Cc2cc3c(=O)n([C@H]4CCOC[C@@H]4O)cnc3c(C)c2C)cc1. The predicted octanol–water partition coefficient (Wildman–Crippen LogP) is 2.68. The molecule has 1 aliphatic heterocycles. The number of benzene rings is 2. The highest BCUT2D eigenvalue weighted by molar-refractivity contribution is 5.94. The average molecular weight is 436 g/mol. The Morgan fingerprint density at radius 2 is 2.00 bits per heavy atom. The second-order valence-electron chi connectivity index (χ2n) is 8.37. The number of amides is 1. The molecule has 2 N–H and O–H groups in total. The molecule has 2 atom stereocenters. The van der Waals surface area contributed by atoms with Crippen LogP contribution >= 0.6 is 0 Å². The molecule has 1 saturated heterocycles. The van der Waals surface area contributed by atoms with Crippen LogP contribution in [0.1, 0.15) is 52.0 Å². The zero-order valence-corrected chi connectivity index (χ0v) is 18.7. The summed E-state index contributed by atoms with van der Waals surface area (Å²) in [5, 5.41) is 13.7. The third kappa shape index (κ3) is 4.18. The number of hydrogen-bond donors (Lipinski definition) is 2. The van der Waals surface area contributed by atoms with Crippen LogP contribution in [0.25, 0.3) is 10.9 Å². The number of aliphatic hydroxyl groups is 1. The molecular formula is C25H29N3O4. The first-order valence-electron chi connectivity index (χ1n) is 11.0. The predicted molar refractivity (Wildman–Crippen MR) is 123 cm³/mol. The van der Waals surface area contributed by atoms with E-state index in [9.17, 15) is 14.7 Å². The number of ether oxygens (including phenoxy) is 1. The van der Waals surface area contributed by atoms with Crippen molar-refractivity contribution >= 4 is 16.8 Å². The maximum absolute atomic E-state index is 13.3. The van der Waals surface area contributed by atoms with E-state index in [0.717, 1.165) is 22.3 Å². The van der Waals surface area contributed by atoms with Crippen LogP contribution in [0.5, 0.6) is 0 Å². The molecule has 2 aromatic carbocycles. The minimum absolute atomic E-state index is 0.0845. The van der Waals surface area contributed by atoms with Gasteiger partial charge < -0.3 is 15.2 Å². The van der Waals surface area contributed by atoms with Crippen molar-refractivity contribution in [2.75, 3.05) is 19.8 Å². The topological polar surface area (TPSA) is 93.5 Å². The van der Waals surface area contributed by atoms with Gasteiger partial charge in [-0.3, -0.25) is 14.2 Å². The molecule has 32 heavy (non-hydrogen) atoms. The number of nitrogens with one attached hydrogen (secondary N) is 1. The summed E-state index contributed by atoms with van der Waals surface area (Å²) in [6, 6.07) is 9.13. The number of carbonyl (C=O) groups excluding carboxylic acids is 1. The molecule has 1 fully saturated rings. The molecule has 1 aromatic heterocycles. The summed E-state index contributed by atoms with van der Waals surface area (Å²) in [6.07, 6.45) is 2.04. The van der Waals surface area contributed by atoms with Gasteiger partial charge in [-0.15, -0.1) is 0 Å². The third-order valence-electron chi connectivity index (χ3n) is 6.35. The number of carbonyl (C=O) groups is 1. The summed E-state index contributed by atoms with van der Waals surface area (Å²) < 4.78 is 6.86. The standard InChI is InChI=1S/C25H29N3O4/c1-4-26-24(30)18-7-5-17(6-8-18)11-19-12-20-23(16(3)15(19)2)27-14-28(25(20)31)21-9-10-32-13-22(21)29/h5-8,12,14,21-22,29H,4,9-11,13H2,1-3H3,(H,26,30)/t21-,22-/m0/s1. The molecule has 168 valence electrons. The number of aryl methyl sites for hydroxylation is 1. The van der Waals surface area contributed by atoms with Gasteiger partial charge in [0, 0.05) is 18.7 Å². The van der Waals surface area contributed by atoms with Crippen molar-refractivity contribution in [1.29, 1.82) is 0 Å². The Labute approximate surface area is 187 Å². The number of aromatic nitrogens is 2. The van der Waals surface area contributed by atoms with Crippen molar-refractivity contribution in [2.45, 2.75) is 45.8 Å². The lowest BCUT2D eigenvalue weighted by atomic mass is 9.94. The minimum Gasteiger partial charge on any atom is -0.389 e. The first-order valence-corrected chi connectivity index (χ1v) is 11.0. The maximum atomic E-state index is 13.3. The van der Waals surface area contributed by atoms with Crippen LogP contribution < -0.4 is 10.9 Å². The van der Waals surface area contributed by atoms with E-state index in [1.165, 1.54) is 0 Å². The van der Waals surface area contributed by atoms with Crippen LogP contribution in [0.3, 0.4) is 0 Å². The van der Waals surface area contributed by atoms with Crippen LogP contribution in [0, 0.1) is 13.8 Å². The highest BCUT2D eigenvalue weighted by Crippen LogP contribution is 2.26. The van der Waals surface area contributed by atoms with Gasteiger partial charge in [-0.25, -0.2) is 4.98 Å². The summed E-state index contributed by atoms with van der Waals surface area (Å²) in [5.41, 5.74) is 5.37. The van der Waals surface area contributed by atoms with Crippen molar-refractivity contribution in [3.8, 4) is 0 Å². The van der Waals surface area contributed by atoms with Gasteiger partial charge >= 0.3 is 0 Å². The fourth-order valence-corrected chi connectivity index (χ4v) is 4.32. The third-order valence-corrected chi connectivity index (χ3v) is 6.35. The normalized spacial score (nSPS) is 18.6. The van der Waals surface area contributed by atoms with E-state index in [2.05, 4.69) is 10.3 Å². The van der Waals surface area contributed by atoms with Crippen LogP contribution in [-0.2, 0) is 11.2 Å².